The first-order valence-electron chi connectivity index (χ1n) is 10.1. The minimum absolute atomic E-state index is 0.0541. The lowest BCUT2D eigenvalue weighted by atomic mass is 10.0. The average Bonchev–Trinajstić information content (AvgIpc) is 2.73. The van der Waals surface area contributed by atoms with Gasteiger partial charge >= 0.3 is 5.97 Å². The smallest absolute Gasteiger partial charge is 0.306 e. The Morgan fingerprint density at radius 3 is 2.39 bits per heavy atom. The van der Waals surface area contributed by atoms with E-state index in [2.05, 4.69) is 17.6 Å². The van der Waals surface area contributed by atoms with E-state index in [0.29, 0.717) is 31.3 Å². The van der Waals surface area contributed by atoms with E-state index in [-0.39, 0.29) is 29.5 Å². The molecular formula is C20H29N3O6S2. The number of sulfonamides is 1. The summed E-state index contributed by atoms with van der Waals surface area (Å²) in [6.07, 6.45) is 1.58. The number of carbonyl (C=O) groups is 2. The second-order valence-electron chi connectivity index (χ2n) is 7.33. The first-order valence-corrected chi connectivity index (χ1v) is 11.9. The molecule has 0 spiro atoms. The summed E-state index contributed by atoms with van der Waals surface area (Å²) in [6.45, 7) is 3.61. The minimum atomic E-state index is -3.52. The molecule has 1 saturated heterocycles. The summed E-state index contributed by atoms with van der Waals surface area (Å²) in [6, 6.07) is 6.20. The summed E-state index contributed by atoms with van der Waals surface area (Å²) in [4.78, 5) is 23.6. The van der Waals surface area contributed by atoms with Crippen LogP contribution in [0.15, 0.2) is 29.2 Å². The van der Waals surface area contributed by atoms with E-state index in [1.807, 2.05) is 0 Å². The molecule has 2 rings (SSSR count). The monoisotopic (exact) mass is 471 g/mol. The summed E-state index contributed by atoms with van der Waals surface area (Å²) >= 11 is 5.10. The number of piperidine rings is 1. The van der Waals surface area contributed by atoms with Crippen LogP contribution in [0.1, 0.15) is 32.6 Å². The topological polar surface area (TPSA) is 114 Å². The number of anilines is 1. The lowest BCUT2D eigenvalue weighted by Crippen LogP contribution is -2.37. The number of hydrogen-bond donors (Lipinski definition) is 2. The van der Waals surface area contributed by atoms with E-state index in [4.69, 9.17) is 21.7 Å². The fourth-order valence-electron chi connectivity index (χ4n) is 2.96. The van der Waals surface area contributed by atoms with Gasteiger partial charge in [0.25, 0.3) is 0 Å². The van der Waals surface area contributed by atoms with Gasteiger partial charge in [-0.3, -0.25) is 9.59 Å². The molecule has 0 bridgehead atoms. The molecule has 0 aromatic heterocycles. The summed E-state index contributed by atoms with van der Waals surface area (Å²) in [5.74, 6) is -0.388. The third-order valence-corrected chi connectivity index (χ3v) is 6.97. The van der Waals surface area contributed by atoms with E-state index in [0.717, 1.165) is 12.8 Å². The molecule has 1 aromatic carbocycles. The van der Waals surface area contributed by atoms with Crippen LogP contribution in [0.2, 0.25) is 0 Å². The zero-order valence-corrected chi connectivity index (χ0v) is 19.4. The average molecular weight is 472 g/mol. The molecule has 0 atom stereocenters. The minimum Gasteiger partial charge on any atom is -0.463 e. The molecule has 1 aromatic rings. The molecule has 11 heteroatoms. The Bertz CT molecular complexity index is 865. The molecule has 0 radical (unpaired) electrons. The molecule has 1 aliphatic rings. The van der Waals surface area contributed by atoms with E-state index in [1.165, 1.54) is 23.5 Å². The molecule has 1 fully saturated rings. The summed E-state index contributed by atoms with van der Waals surface area (Å²) in [5, 5.41) is 5.35. The number of thiocarbonyl (C=S) groups is 1. The summed E-state index contributed by atoms with van der Waals surface area (Å²) in [7, 11) is -2.03. The molecule has 9 nitrogen and oxygen atoms in total. The highest BCUT2D eigenvalue weighted by Gasteiger charge is 2.27. The van der Waals surface area contributed by atoms with Crippen molar-refractivity contribution in [3.05, 3.63) is 24.3 Å². The van der Waals surface area contributed by atoms with Crippen LogP contribution in [0.3, 0.4) is 0 Å². The number of hydrogen-bond acceptors (Lipinski definition) is 7. The maximum Gasteiger partial charge on any atom is 0.306 e. The number of amides is 1. The zero-order valence-electron chi connectivity index (χ0n) is 17.8. The molecule has 0 saturated carbocycles. The van der Waals surface area contributed by atoms with Gasteiger partial charge < -0.3 is 20.1 Å². The van der Waals surface area contributed by atoms with Crippen LogP contribution in [0.5, 0.6) is 0 Å². The van der Waals surface area contributed by atoms with E-state index >= 15 is 0 Å². The van der Waals surface area contributed by atoms with Gasteiger partial charge in [-0.15, -0.1) is 0 Å². The molecule has 0 aliphatic carbocycles. The maximum absolute atomic E-state index is 12.8. The number of rotatable bonds is 9. The van der Waals surface area contributed by atoms with Gasteiger partial charge in [0, 0.05) is 32.3 Å². The van der Waals surface area contributed by atoms with E-state index in [9.17, 15) is 18.0 Å². The third-order valence-electron chi connectivity index (χ3n) is 4.85. The normalized spacial score (nSPS) is 15.3. The lowest BCUT2D eigenvalue weighted by molar-refractivity contribution is -0.146. The Balaban J connectivity index is 1.81. The van der Waals surface area contributed by atoms with Gasteiger partial charge in [-0.2, -0.15) is 4.31 Å². The Labute approximate surface area is 188 Å². The lowest BCUT2D eigenvalue weighted by Gasteiger charge is -2.29. The number of nitrogens with one attached hydrogen (secondary N) is 2. The van der Waals surface area contributed by atoms with Gasteiger partial charge in [-0.1, -0.05) is 6.92 Å². The first-order chi connectivity index (χ1) is 14.7. The molecule has 31 heavy (non-hydrogen) atoms. The van der Waals surface area contributed by atoms with Crippen molar-refractivity contribution in [3.8, 4) is 0 Å². The van der Waals surface area contributed by atoms with Crippen LogP contribution >= 0.6 is 12.2 Å². The van der Waals surface area contributed by atoms with Gasteiger partial charge in [0.1, 0.15) is 6.61 Å². The zero-order chi connectivity index (χ0) is 22.9. The van der Waals surface area contributed by atoms with Crippen molar-refractivity contribution in [2.45, 2.75) is 37.5 Å². The van der Waals surface area contributed by atoms with Gasteiger partial charge in [0.05, 0.1) is 17.9 Å². The van der Waals surface area contributed by atoms with Crippen molar-refractivity contribution in [2.24, 2.45) is 5.92 Å². The van der Waals surface area contributed by atoms with Crippen molar-refractivity contribution in [1.29, 1.82) is 0 Å². The van der Waals surface area contributed by atoms with Crippen molar-refractivity contribution in [2.75, 3.05) is 38.7 Å². The Kier molecular flexibility index (Phi) is 9.82. The number of methoxy groups -OCH3 is 1. The SMILES string of the molecule is COCCOC(=O)CCC(=O)NC(=S)Nc1ccc(S(=O)(=O)N2CCC(C)CC2)cc1. The second-order valence-corrected chi connectivity index (χ2v) is 9.67. The fraction of sp³-hybridized carbons (Fsp3) is 0.550. The predicted octanol–water partition coefficient (Wildman–Crippen LogP) is 1.89. The highest BCUT2D eigenvalue weighted by atomic mass is 32.2. The number of esters is 1. The first kappa shape index (κ1) is 25.2. The molecule has 1 heterocycles. The van der Waals surface area contributed by atoms with Crippen molar-refractivity contribution in [1.82, 2.24) is 9.62 Å². The van der Waals surface area contributed by atoms with Crippen molar-refractivity contribution >= 4 is 44.9 Å². The highest BCUT2D eigenvalue weighted by Crippen LogP contribution is 2.24. The van der Waals surface area contributed by atoms with Crippen LogP contribution in [0.25, 0.3) is 0 Å². The summed E-state index contributed by atoms with van der Waals surface area (Å²) < 4.78 is 36.7. The number of ether oxygens (including phenoxy) is 2. The van der Waals surface area contributed by atoms with Crippen LogP contribution in [-0.4, -0.2) is 63.1 Å². The molecular weight excluding hydrogens is 442 g/mol. The molecule has 172 valence electrons. The van der Waals surface area contributed by atoms with E-state index < -0.39 is 21.9 Å². The van der Waals surface area contributed by atoms with Gasteiger partial charge in [0.15, 0.2) is 5.11 Å². The predicted molar refractivity (Wildman–Crippen MR) is 120 cm³/mol. The Hall–Kier alpha value is -2.08. The van der Waals surface area contributed by atoms with Crippen LogP contribution in [-0.2, 0) is 29.1 Å². The fourth-order valence-corrected chi connectivity index (χ4v) is 4.66. The van der Waals surface area contributed by atoms with Crippen LogP contribution in [0.4, 0.5) is 5.69 Å². The molecule has 1 aliphatic heterocycles. The number of benzene rings is 1. The highest BCUT2D eigenvalue weighted by molar-refractivity contribution is 7.89. The number of carbonyl (C=O) groups excluding carboxylic acids is 2. The van der Waals surface area contributed by atoms with Crippen LogP contribution < -0.4 is 10.6 Å². The molecule has 1 amide bonds. The standard InChI is InChI=1S/C20H29N3O6S2/c1-15-9-11-23(12-10-15)31(26,27)17-5-3-16(4-6-17)21-20(30)22-18(24)7-8-19(25)29-14-13-28-2/h3-6,15H,7-14H2,1-2H3,(H2,21,22,24,30). The maximum atomic E-state index is 12.8. The quantitative estimate of drug-likeness (QED) is 0.319. The van der Waals surface area contributed by atoms with Crippen LogP contribution in [0, 0.1) is 5.92 Å². The van der Waals surface area contributed by atoms with E-state index in [1.54, 1.807) is 12.1 Å². The largest absolute Gasteiger partial charge is 0.463 e. The van der Waals surface area contributed by atoms with Gasteiger partial charge in [0.2, 0.25) is 15.9 Å². The molecule has 0 unspecified atom stereocenters. The third kappa shape index (κ3) is 8.17. The van der Waals surface area contributed by atoms with Gasteiger partial charge in [-0.05, 0) is 55.2 Å². The second kappa shape index (κ2) is 12.1. The van der Waals surface area contributed by atoms with Crippen molar-refractivity contribution < 1.29 is 27.5 Å². The summed E-state index contributed by atoms with van der Waals surface area (Å²) in [5.41, 5.74) is 0.537. The molecule has 2 N–H and O–H groups in total. The van der Waals surface area contributed by atoms with Gasteiger partial charge in [-0.25, -0.2) is 8.42 Å². The Morgan fingerprint density at radius 2 is 1.77 bits per heavy atom. The number of nitrogens with zero attached hydrogens (tertiary/aromatic N) is 1. The van der Waals surface area contributed by atoms with Crippen molar-refractivity contribution in [3.63, 3.8) is 0 Å². The Morgan fingerprint density at radius 1 is 1.13 bits per heavy atom.